The van der Waals surface area contributed by atoms with Gasteiger partial charge in [-0.2, -0.15) is 0 Å². The third kappa shape index (κ3) is 4.37. The number of hydrogen-bond acceptors (Lipinski definition) is 4. The lowest BCUT2D eigenvalue weighted by Gasteiger charge is -2.44. The molecule has 4 rings (SSSR count). The second-order valence-corrected chi connectivity index (χ2v) is 9.63. The molecule has 1 spiro atoms. The van der Waals surface area contributed by atoms with Crippen LogP contribution in [0.3, 0.4) is 0 Å². The van der Waals surface area contributed by atoms with Crippen LogP contribution < -0.4 is 0 Å². The van der Waals surface area contributed by atoms with Crippen molar-refractivity contribution in [3.05, 3.63) is 40.1 Å². The van der Waals surface area contributed by atoms with Crippen molar-refractivity contribution in [2.45, 2.75) is 66.2 Å². The monoisotopic (exact) mass is 433 g/mol. The van der Waals surface area contributed by atoms with E-state index in [4.69, 9.17) is 4.74 Å². The Bertz CT molecular complexity index is 1050. The summed E-state index contributed by atoms with van der Waals surface area (Å²) in [6, 6.07) is 3.97. The fourth-order valence-electron chi connectivity index (χ4n) is 5.33. The number of aryl methyl sites for hydroxylation is 2. The van der Waals surface area contributed by atoms with E-state index in [9.17, 15) is 14.4 Å². The van der Waals surface area contributed by atoms with Crippen LogP contribution in [0.15, 0.2) is 17.9 Å². The number of nitrogens with zero attached hydrogens (tertiary/aromatic N) is 1. The first-order valence-electron chi connectivity index (χ1n) is 11.5. The topological polar surface area (TPSA) is 63.7 Å². The third-order valence-electron chi connectivity index (χ3n) is 7.01. The zero-order chi connectivity index (χ0) is 23.0. The molecule has 1 saturated heterocycles. The molecule has 2 fully saturated rings. The Kier molecular flexibility index (Phi) is 5.99. The molecule has 1 aromatic rings. The second-order valence-electron chi connectivity index (χ2n) is 9.63. The van der Waals surface area contributed by atoms with Crippen molar-refractivity contribution in [3.63, 3.8) is 0 Å². The highest BCUT2D eigenvalue weighted by molar-refractivity contribution is 6.23. The van der Waals surface area contributed by atoms with Gasteiger partial charge in [0.05, 0.1) is 5.57 Å². The zero-order valence-electron chi connectivity index (χ0n) is 19.5. The lowest BCUT2D eigenvalue weighted by atomic mass is 9.66. The summed E-state index contributed by atoms with van der Waals surface area (Å²) in [5.41, 5.74) is 3.96. The number of ketones is 1. The van der Waals surface area contributed by atoms with Crippen LogP contribution in [0.4, 0.5) is 0 Å². The Morgan fingerprint density at radius 1 is 1.09 bits per heavy atom. The first-order chi connectivity index (χ1) is 15.2. The van der Waals surface area contributed by atoms with Crippen LogP contribution >= 0.6 is 0 Å². The van der Waals surface area contributed by atoms with Crippen LogP contribution in [0.1, 0.15) is 74.6 Å². The van der Waals surface area contributed by atoms with Crippen molar-refractivity contribution in [3.8, 4) is 11.8 Å². The Hall–Kier alpha value is -2.87. The Morgan fingerprint density at radius 2 is 1.72 bits per heavy atom. The highest BCUT2D eigenvalue weighted by Gasteiger charge is 2.45. The summed E-state index contributed by atoms with van der Waals surface area (Å²) in [6.45, 7) is 8.48. The van der Waals surface area contributed by atoms with Gasteiger partial charge in [0.2, 0.25) is 5.91 Å². The molecule has 5 nitrogen and oxygen atoms in total. The fourth-order valence-corrected chi connectivity index (χ4v) is 5.33. The minimum absolute atomic E-state index is 0.0231. The Labute approximate surface area is 190 Å². The standard InChI is InChI=1S/C27H31NO4/c1-5-6-20-13-17(2)24(18(3)14-20)25-22(30)15-27(16-23(25)32-19(4)29)9-11-28(12-10-27)26(31)21-7-8-21/h13-14,21H,7-12,15-16H2,1-4H3. The van der Waals surface area contributed by atoms with Gasteiger partial charge in [-0.25, -0.2) is 0 Å². The predicted molar refractivity (Wildman–Crippen MR) is 122 cm³/mol. The molecule has 1 saturated carbocycles. The van der Waals surface area contributed by atoms with Crippen LogP contribution in [-0.2, 0) is 19.1 Å². The first-order valence-corrected chi connectivity index (χ1v) is 11.5. The number of carbonyl (C=O) groups excluding carboxylic acids is 3. The van der Waals surface area contributed by atoms with Crippen molar-refractivity contribution >= 4 is 23.2 Å². The first kappa shape index (κ1) is 22.3. The van der Waals surface area contributed by atoms with Gasteiger partial charge in [-0.3, -0.25) is 14.4 Å². The van der Waals surface area contributed by atoms with Crippen LogP contribution in [-0.4, -0.2) is 35.6 Å². The minimum atomic E-state index is -0.410. The number of Topliss-reactive ketones (excluding diaryl/α,β-unsaturated/α-hetero) is 1. The van der Waals surface area contributed by atoms with Crippen LogP contribution in [0.2, 0.25) is 0 Å². The van der Waals surface area contributed by atoms with E-state index < -0.39 is 5.97 Å². The molecule has 0 atom stereocenters. The number of ether oxygens (including phenoxy) is 1. The Morgan fingerprint density at radius 3 is 2.25 bits per heavy atom. The van der Waals surface area contributed by atoms with Crippen LogP contribution in [0, 0.1) is 37.0 Å². The second kappa shape index (κ2) is 8.58. The van der Waals surface area contributed by atoms with Gasteiger partial charge in [0.1, 0.15) is 5.76 Å². The fraction of sp³-hybridized carbons (Fsp3) is 0.519. The molecule has 2 aliphatic carbocycles. The molecule has 1 aliphatic heterocycles. The van der Waals surface area contributed by atoms with E-state index in [0.29, 0.717) is 37.3 Å². The normalized spacial score (nSPS) is 20.1. The van der Waals surface area contributed by atoms with E-state index in [1.54, 1.807) is 6.92 Å². The third-order valence-corrected chi connectivity index (χ3v) is 7.01. The van der Waals surface area contributed by atoms with E-state index in [-0.39, 0.29) is 23.0 Å². The zero-order valence-corrected chi connectivity index (χ0v) is 19.5. The van der Waals surface area contributed by atoms with E-state index in [1.807, 2.05) is 30.9 Å². The largest absolute Gasteiger partial charge is 0.430 e. The van der Waals surface area contributed by atoms with Gasteiger partial charge < -0.3 is 9.64 Å². The number of benzene rings is 1. The summed E-state index contributed by atoms with van der Waals surface area (Å²) in [6.07, 6.45) is 4.50. The molecule has 1 aromatic carbocycles. The maximum atomic E-state index is 13.6. The van der Waals surface area contributed by atoms with Crippen molar-refractivity contribution in [2.75, 3.05) is 13.1 Å². The number of carbonyl (C=O) groups is 3. The van der Waals surface area contributed by atoms with Crippen LogP contribution in [0.5, 0.6) is 0 Å². The van der Waals surface area contributed by atoms with Gasteiger partial charge in [-0.15, -0.1) is 5.92 Å². The van der Waals surface area contributed by atoms with E-state index in [1.165, 1.54) is 6.92 Å². The van der Waals surface area contributed by atoms with Gasteiger partial charge in [0, 0.05) is 44.3 Å². The number of amides is 1. The number of hydrogen-bond donors (Lipinski definition) is 0. The average molecular weight is 434 g/mol. The molecule has 1 heterocycles. The smallest absolute Gasteiger partial charge is 0.307 e. The molecule has 0 bridgehead atoms. The SMILES string of the molecule is CC#Cc1cc(C)c(C2=C(OC(C)=O)CC3(CCN(C(=O)C4CC4)CC3)CC2=O)c(C)c1. The Balaban J connectivity index is 1.67. The van der Waals surface area contributed by atoms with Crippen molar-refractivity contribution in [1.29, 1.82) is 0 Å². The van der Waals surface area contributed by atoms with Gasteiger partial charge >= 0.3 is 5.97 Å². The molecular weight excluding hydrogens is 402 g/mol. The lowest BCUT2D eigenvalue weighted by Crippen LogP contribution is -2.46. The van der Waals surface area contributed by atoms with Gasteiger partial charge in [0.25, 0.3) is 0 Å². The summed E-state index contributed by atoms with van der Waals surface area (Å²) in [5, 5.41) is 0. The molecule has 1 amide bonds. The van der Waals surface area contributed by atoms with Crippen LogP contribution in [0.25, 0.3) is 5.57 Å². The van der Waals surface area contributed by atoms with Crippen molar-refractivity contribution in [2.24, 2.45) is 11.3 Å². The average Bonchev–Trinajstić information content (AvgIpc) is 3.55. The lowest BCUT2D eigenvalue weighted by molar-refractivity contribution is -0.138. The number of rotatable bonds is 3. The summed E-state index contributed by atoms with van der Waals surface area (Å²) in [5.74, 6) is 6.57. The van der Waals surface area contributed by atoms with Crippen molar-refractivity contribution in [1.82, 2.24) is 4.90 Å². The maximum absolute atomic E-state index is 13.6. The minimum Gasteiger partial charge on any atom is -0.430 e. The van der Waals surface area contributed by atoms with Gasteiger partial charge in [-0.05, 0) is 80.7 Å². The molecule has 32 heavy (non-hydrogen) atoms. The summed E-state index contributed by atoms with van der Waals surface area (Å²) < 4.78 is 5.68. The highest BCUT2D eigenvalue weighted by atomic mass is 16.5. The summed E-state index contributed by atoms with van der Waals surface area (Å²) >= 11 is 0. The van der Waals surface area contributed by atoms with E-state index >= 15 is 0 Å². The van der Waals surface area contributed by atoms with E-state index in [0.717, 1.165) is 47.9 Å². The molecule has 168 valence electrons. The summed E-state index contributed by atoms with van der Waals surface area (Å²) in [7, 11) is 0. The predicted octanol–water partition coefficient (Wildman–Crippen LogP) is 4.33. The molecule has 0 radical (unpaired) electrons. The number of piperidine rings is 1. The number of esters is 1. The molecular formula is C27H31NO4. The number of allylic oxidation sites excluding steroid dienone is 2. The van der Waals surface area contributed by atoms with Crippen molar-refractivity contribution < 1.29 is 19.1 Å². The molecule has 0 aromatic heterocycles. The van der Waals surface area contributed by atoms with Gasteiger partial charge in [0.15, 0.2) is 5.78 Å². The van der Waals surface area contributed by atoms with Gasteiger partial charge in [-0.1, -0.05) is 5.92 Å². The molecule has 0 N–H and O–H groups in total. The highest BCUT2D eigenvalue weighted by Crippen LogP contribution is 2.49. The molecule has 3 aliphatic rings. The molecule has 0 unspecified atom stereocenters. The molecule has 5 heteroatoms. The van der Waals surface area contributed by atoms with E-state index in [2.05, 4.69) is 11.8 Å². The maximum Gasteiger partial charge on any atom is 0.307 e. The quantitative estimate of drug-likeness (QED) is 0.526. The summed E-state index contributed by atoms with van der Waals surface area (Å²) in [4.78, 5) is 39.9. The number of likely N-dealkylation sites (tertiary alicyclic amines) is 1.